The van der Waals surface area contributed by atoms with E-state index < -0.39 is 0 Å². The second-order valence-corrected chi connectivity index (χ2v) is 5.73. The van der Waals surface area contributed by atoms with E-state index >= 15 is 0 Å². The third kappa shape index (κ3) is 3.69. The van der Waals surface area contributed by atoms with Gasteiger partial charge in [0.15, 0.2) is 5.78 Å². The van der Waals surface area contributed by atoms with Crippen molar-refractivity contribution in [1.82, 2.24) is 4.98 Å². The number of benzene rings is 2. The number of phenols is 1. The van der Waals surface area contributed by atoms with Crippen LogP contribution < -0.4 is 4.74 Å². The maximum Gasteiger partial charge on any atom is 0.221 e. The largest absolute Gasteiger partial charge is 0.507 e. The SMILES string of the molecule is CCOc1nc2ccccc2cc1/C=C/C(=O)c1cc(C)ccc1O. The first-order valence-corrected chi connectivity index (χ1v) is 8.13. The highest BCUT2D eigenvalue weighted by molar-refractivity contribution is 6.08. The number of pyridine rings is 1. The molecule has 1 N–H and O–H groups in total. The Morgan fingerprint density at radius 1 is 1.20 bits per heavy atom. The van der Waals surface area contributed by atoms with Crippen molar-refractivity contribution >= 4 is 22.8 Å². The average Bonchev–Trinajstić information content (AvgIpc) is 2.62. The van der Waals surface area contributed by atoms with Gasteiger partial charge in [-0.3, -0.25) is 4.79 Å². The van der Waals surface area contributed by atoms with Crippen LogP contribution in [0.15, 0.2) is 54.6 Å². The molecule has 4 heteroatoms. The van der Waals surface area contributed by atoms with Gasteiger partial charge < -0.3 is 9.84 Å². The number of hydrogen-bond donors (Lipinski definition) is 1. The first-order valence-electron chi connectivity index (χ1n) is 8.13. The van der Waals surface area contributed by atoms with Gasteiger partial charge in [0.25, 0.3) is 0 Å². The number of allylic oxidation sites excluding steroid dienone is 1. The summed E-state index contributed by atoms with van der Waals surface area (Å²) in [4.78, 5) is 16.9. The topological polar surface area (TPSA) is 59.4 Å². The van der Waals surface area contributed by atoms with Gasteiger partial charge in [-0.2, -0.15) is 0 Å². The first kappa shape index (κ1) is 16.7. The molecule has 0 aliphatic carbocycles. The highest BCUT2D eigenvalue weighted by Crippen LogP contribution is 2.25. The monoisotopic (exact) mass is 333 g/mol. The van der Waals surface area contributed by atoms with Gasteiger partial charge in [0.2, 0.25) is 5.88 Å². The lowest BCUT2D eigenvalue weighted by Gasteiger charge is -2.08. The van der Waals surface area contributed by atoms with Crippen molar-refractivity contribution in [3.63, 3.8) is 0 Å². The summed E-state index contributed by atoms with van der Waals surface area (Å²) in [6, 6.07) is 14.6. The van der Waals surface area contributed by atoms with Gasteiger partial charge in [0.1, 0.15) is 5.75 Å². The zero-order chi connectivity index (χ0) is 17.8. The van der Waals surface area contributed by atoms with Crippen LogP contribution in [0.3, 0.4) is 0 Å². The Bertz CT molecular complexity index is 961. The Labute approximate surface area is 146 Å². The molecular formula is C21H19NO3. The molecule has 0 atom stereocenters. The zero-order valence-corrected chi connectivity index (χ0v) is 14.2. The predicted octanol–water partition coefficient (Wildman–Crippen LogP) is 4.54. The summed E-state index contributed by atoms with van der Waals surface area (Å²) in [5, 5.41) is 10.9. The first-order chi connectivity index (χ1) is 12.1. The number of ether oxygens (including phenoxy) is 1. The van der Waals surface area contributed by atoms with Crippen molar-refractivity contribution in [2.75, 3.05) is 6.61 Å². The lowest BCUT2D eigenvalue weighted by molar-refractivity contribution is 0.104. The minimum atomic E-state index is -0.267. The lowest BCUT2D eigenvalue weighted by Crippen LogP contribution is -1.99. The Kier molecular flexibility index (Phi) is 4.80. The number of rotatable bonds is 5. The van der Waals surface area contributed by atoms with E-state index in [4.69, 9.17) is 4.74 Å². The summed E-state index contributed by atoms with van der Waals surface area (Å²) in [6.45, 7) is 4.25. The van der Waals surface area contributed by atoms with Crippen LogP contribution >= 0.6 is 0 Å². The molecule has 1 aromatic heterocycles. The number of aromatic nitrogens is 1. The van der Waals surface area contributed by atoms with Crippen molar-refractivity contribution in [2.24, 2.45) is 0 Å². The molecule has 1 heterocycles. The van der Waals surface area contributed by atoms with Crippen molar-refractivity contribution < 1.29 is 14.6 Å². The fourth-order valence-corrected chi connectivity index (χ4v) is 2.59. The quantitative estimate of drug-likeness (QED) is 0.550. The van der Waals surface area contributed by atoms with Crippen LogP contribution in [0.1, 0.15) is 28.4 Å². The van der Waals surface area contributed by atoms with Gasteiger partial charge in [0, 0.05) is 10.9 Å². The molecule has 0 radical (unpaired) electrons. The van der Waals surface area contributed by atoms with Crippen molar-refractivity contribution in [2.45, 2.75) is 13.8 Å². The van der Waals surface area contributed by atoms with Gasteiger partial charge >= 0.3 is 0 Å². The maximum atomic E-state index is 12.4. The van der Waals surface area contributed by atoms with E-state index in [0.29, 0.717) is 12.5 Å². The zero-order valence-electron chi connectivity index (χ0n) is 14.2. The van der Waals surface area contributed by atoms with Crippen LogP contribution in [0.5, 0.6) is 11.6 Å². The number of carbonyl (C=O) groups is 1. The van der Waals surface area contributed by atoms with E-state index in [1.54, 1.807) is 18.2 Å². The highest BCUT2D eigenvalue weighted by atomic mass is 16.5. The van der Waals surface area contributed by atoms with Crippen molar-refractivity contribution in [3.05, 3.63) is 71.3 Å². The number of para-hydroxylation sites is 1. The molecule has 3 rings (SSSR count). The van der Waals surface area contributed by atoms with Crippen LogP contribution in [0.2, 0.25) is 0 Å². The Morgan fingerprint density at radius 2 is 2.00 bits per heavy atom. The lowest BCUT2D eigenvalue weighted by atomic mass is 10.1. The van der Waals surface area contributed by atoms with Crippen molar-refractivity contribution in [3.8, 4) is 11.6 Å². The number of ketones is 1. The van der Waals surface area contributed by atoms with E-state index in [1.165, 1.54) is 12.1 Å². The molecule has 0 aliphatic heterocycles. The number of fused-ring (bicyclic) bond motifs is 1. The third-order valence-electron chi connectivity index (χ3n) is 3.83. The van der Waals surface area contributed by atoms with Crippen LogP contribution in [0, 0.1) is 6.92 Å². The number of phenolic OH excluding ortho intramolecular Hbond substituents is 1. The molecule has 3 aromatic rings. The van der Waals surface area contributed by atoms with Crippen LogP contribution in [-0.2, 0) is 0 Å². The molecule has 4 nitrogen and oxygen atoms in total. The van der Waals surface area contributed by atoms with Crippen LogP contribution in [0.4, 0.5) is 0 Å². The molecule has 0 unspecified atom stereocenters. The van der Waals surface area contributed by atoms with Gasteiger partial charge in [-0.25, -0.2) is 4.98 Å². The molecule has 0 aliphatic rings. The van der Waals surface area contributed by atoms with Crippen LogP contribution in [-0.4, -0.2) is 22.5 Å². The summed E-state index contributed by atoms with van der Waals surface area (Å²) >= 11 is 0. The maximum absolute atomic E-state index is 12.4. The summed E-state index contributed by atoms with van der Waals surface area (Å²) < 4.78 is 5.60. The molecule has 0 fully saturated rings. The molecule has 0 saturated carbocycles. The van der Waals surface area contributed by atoms with Gasteiger partial charge in [0.05, 0.1) is 17.7 Å². The van der Waals surface area contributed by atoms with E-state index in [2.05, 4.69) is 4.98 Å². The summed E-state index contributed by atoms with van der Waals surface area (Å²) in [7, 11) is 0. The number of hydrogen-bond acceptors (Lipinski definition) is 4. The molecular weight excluding hydrogens is 314 g/mol. The number of carbonyl (C=O) groups excluding carboxylic acids is 1. The normalized spacial score (nSPS) is 11.1. The summed E-state index contributed by atoms with van der Waals surface area (Å²) in [5.74, 6) is 0.192. The molecule has 126 valence electrons. The van der Waals surface area contributed by atoms with Gasteiger partial charge in [-0.15, -0.1) is 0 Å². The number of nitrogens with zero attached hydrogens (tertiary/aromatic N) is 1. The Balaban J connectivity index is 1.98. The minimum Gasteiger partial charge on any atom is -0.507 e. The summed E-state index contributed by atoms with van der Waals surface area (Å²) in [5.41, 5.74) is 2.76. The van der Waals surface area contributed by atoms with Gasteiger partial charge in [-0.05, 0) is 50.3 Å². The Morgan fingerprint density at radius 3 is 2.80 bits per heavy atom. The number of aryl methyl sites for hydroxylation is 1. The van der Waals surface area contributed by atoms with Crippen LogP contribution in [0.25, 0.3) is 17.0 Å². The second kappa shape index (κ2) is 7.18. The molecule has 0 bridgehead atoms. The Hall–Kier alpha value is -3.14. The average molecular weight is 333 g/mol. The molecule has 25 heavy (non-hydrogen) atoms. The third-order valence-corrected chi connectivity index (χ3v) is 3.83. The van der Waals surface area contributed by atoms with E-state index in [9.17, 15) is 9.90 Å². The van der Waals surface area contributed by atoms with E-state index in [1.807, 2.05) is 44.2 Å². The van der Waals surface area contributed by atoms with Crippen molar-refractivity contribution in [1.29, 1.82) is 0 Å². The van der Waals surface area contributed by atoms with E-state index in [0.717, 1.165) is 22.0 Å². The number of aromatic hydroxyl groups is 1. The van der Waals surface area contributed by atoms with E-state index in [-0.39, 0.29) is 17.1 Å². The summed E-state index contributed by atoms with van der Waals surface area (Å²) in [6.07, 6.45) is 3.11. The fourth-order valence-electron chi connectivity index (χ4n) is 2.59. The molecule has 0 saturated heterocycles. The standard InChI is InChI=1S/C21H19NO3/c1-3-25-21-16(13-15-6-4-5-7-18(15)22-21)9-11-20(24)17-12-14(2)8-10-19(17)23/h4-13,23H,3H2,1-2H3/b11-9+. The molecule has 0 spiro atoms. The van der Waals surface area contributed by atoms with Gasteiger partial charge in [-0.1, -0.05) is 29.8 Å². The fraction of sp³-hybridized carbons (Fsp3) is 0.143. The second-order valence-electron chi connectivity index (χ2n) is 5.73. The highest BCUT2D eigenvalue weighted by Gasteiger charge is 2.10. The smallest absolute Gasteiger partial charge is 0.221 e. The molecule has 0 amide bonds. The predicted molar refractivity (Wildman–Crippen MR) is 99.1 cm³/mol. The molecule has 2 aromatic carbocycles. The minimum absolute atomic E-state index is 0.0260.